The van der Waals surface area contributed by atoms with Crippen molar-refractivity contribution in [3.05, 3.63) is 53.1 Å². The van der Waals surface area contributed by atoms with Gasteiger partial charge in [-0.3, -0.25) is 25.2 Å². The summed E-state index contributed by atoms with van der Waals surface area (Å²) in [6.07, 6.45) is 0. The van der Waals surface area contributed by atoms with Crippen LogP contribution < -0.4 is 25.0 Å². The minimum absolute atomic E-state index is 0.0952. The van der Waals surface area contributed by atoms with E-state index < -0.39 is 40.5 Å². The number of methoxy groups -OCH3 is 2. The number of hydrazine groups is 1. The molecule has 0 saturated heterocycles. The van der Waals surface area contributed by atoms with Crippen molar-refractivity contribution in [2.24, 2.45) is 0 Å². The number of nitrogens with one attached hydrogen (secondary N) is 3. The molecular formula is C20H22ClN3O8S. The van der Waals surface area contributed by atoms with Crippen LogP contribution in [0.5, 0.6) is 11.5 Å². The van der Waals surface area contributed by atoms with Gasteiger partial charge >= 0.3 is 5.97 Å². The first-order valence-electron chi connectivity index (χ1n) is 9.33. The Morgan fingerprint density at radius 2 is 1.61 bits per heavy atom. The van der Waals surface area contributed by atoms with Gasteiger partial charge in [-0.2, -0.15) is 4.72 Å². The van der Waals surface area contributed by atoms with Gasteiger partial charge in [0.15, 0.2) is 18.1 Å². The first-order valence-corrected chi connectivity index (χ1v) is 11.2. The Morgan fingerprint density at radius 1 is 0.970 bits per heavy atom. The summed E-state index contributed by atoms with van der Waals surface area (Å²) < 4.78 is 41.7. The lowest BCUT2D eigenvalue weighted by molar-refractivity contribution is -0.149. The lowest BCUT2D eigenvalue weighted by Crippen LogP contribution is -2.45. The zero-order chi connectivity index (χ0) is 24.6. The first-order chi connectivity index (χ1) is 15.6. The average Bonchev–Trinajstić information content (AvgIpc) is 2.80. The molecule has 2 aromatic carbocycles. The van der Waals surface area contributed by atoms with Crippen LogP contribution in [0.4, 0.5) is 0 Å². The van der Waals surface area contributed by atoms with Crippen LogP contribution >= 0.6 is 11.6 Å². The van der Waals surface area contributed by atoms with E-state index in [0.717, 1.165) is 0 Å². The van der Waals surface area contributed by atoms with Crippen molar-refractivity contribution in [2.45, 2.75) is 17.9 Å². The summed E-state index contributed by atoms with van der Waals surface area (Å²) in [4.78, 5) is 36.0. The van der Waals surface area contributed by atoms with Crippen LogP contribution in [0.15, 0.2) is 47.4 Å². The molecule has 178 valence electrons. The van der Waals surface area contributed by atoms with Gasteiger partial charge in [-0.1, -0.05) is 11.6 Å². The van der Waals surface area contributed by atoms with Crippen LogP contribution in [0, 0.1) is 0 Å². The van der Waals surface area contributed by atoms with Crippen molar-refractivity contribution in [1.82, 2.24) is 15.6 Å². The zero-order valence-corrected chi connectivity index (χ0v) is 19.5. The Labute approximate surface area is 195 Å². The third-order valence-electron chi connectivity index (χ3n) is 4.12. The Balaban J connectivity index is 1.83. The van der Waals surface area contributed by atoms with E-state index in [9.17, 15) is 22.8 Å². The number of benzene rings is 2. The van der Waals surface area contributed by atoms with Gasteiger partial charge in [-0.25, -0.2) is 8.42 Å². The van der Waals surface area contributed by atoms with Gasteiger partial charge in [0.2, 0.25) is 10.0 Å². The molecule has 0 aliphatic rings. The largest absolute Gasteiger partial charge is 0.493 e. The monoisotopic (exact) mass is 499 g/mol. The highest BCUT2D eigenvalue weighted by Gasteiger charge is 2.24. The fraction of sp³-hybridized carbons (Fsp3) is 0.250. The molecule has 2 amide bonds. The number of sulfonamides is 1. The molecule has 0 bridgehead atoms. The molecule has 11 nitrogen and oxygen atoms in total. The third-order valence-corrected chi connectivity index (χ3v) is 5.92. The molecule has 0 radical (unpaired) electrons. The molecule has 2 rings (SSSR count). The molecule has 13 heteroatoms. The summed E-state index contributed by atoms with van der Waals surface area (Å²) in [6, 6.07) is 8.43. The number of hydrogen-bond acceptors (Lipinski definition) is 8. The number of esters is 1. The molecule has 33 heavy (non-hydrogen) atoms. The predicted molar refractivity (Wildman–Crippen MR) is 117 cm³/mol. The van der Waals surface area contributed by atoms with Crippen molar-refractivity contribution < 1.29 is 37.0 Å². The maximum atomic E-state index is 12.3. The van der Waals surface area contributed by atoms with Crippen LogP contribution in [0.2, 0.25) is 5.02 Å². The Morgan fingerprint density at radius 3 is 2.21 bits per heavy atom. The second-order valence-electron chi connectivity index (χ2n) is 6.48. The Bertz CT molecular complexity index is 1120. The van der Waals surface area contributed by atoms with Gasteiger partial charge in [0, 0.05) is 10.6 Å². The SMILES string of the molecule is COc1ccc(C(=O)NNC(=O)COC(=O)[C@H](C)NS(=O)(=O)c2ccc(Cl)cc2)cc1OC. The smallest absolute Gasteiger partial charge is 0.324 e. The van der Waals surface area contributed by atoms with Crippen molar-refractivity contribution in [2.75, 3.05) is 20.8 Å². The summed E-state index contributed by atoms with van der Waals surface area (Å²) in [6.45, 7) is 0.505. The van der Waals surface area contributed by atoms with Crippen LogP contribution in [0.3, 0.4) is 0 Å². The van der Waals surface area contributed by atoms with Crippen LogP contribution in [0.25, 0.3) is 0 Å². The highest BCUT2D eigenvalue weighted by Crippen LogP contribution is 2.27. The van der Waals surface area contributed by atoms with Crippen molar-refractivity contribution >= 4 is 39.4 Å². The molecule has 0 aromatic heterocycles. The molecule has 0 saturated carbocycles. The first kappa shape index (κ1) is 25.9. The van der Waals surface area contributed by atoms with E-state index in [1.165, 1.54) is 63.6 Å². The van der Waals surface area contributed by atoms with E-state index in [0.29, 0.717) is 16.5 Å². The van der Waals surface area contributed by atoms with Gasteiger partial charge in [0.1, 0.15) is 6.04 Å². The minimum atomic E-state index is -4.01. The summed E-state index contributed by atoms with van der Waals surface area (Å²) in [7, 11) is -1.15. The molecule has 0 aliphatic carbocycles. The molecule has 1 atom stereocenters. The van der Waals surface area contributed by atoms with Crippen LogP contribution in [-0.4, -0.2) is 53.1 Å². The maximum Gasteiger partial charge on any atom is 0.324 e. The highest BCUT2D eigenvalue weighted by molar-refractivity contribution is 7.89. The fourth-order valence-corrected chi connectivity index (χ4v) is 3.75. The van der Waals surface area contributed by atoms with Gasteiger partial charge in [-0.05, 0) is 49.4 Å². The van der Waals surface area contributed by atoms with Crippen LogP contribution in [-0.2, 0) is 24.3 Å². The molecule has 0 spiro atoms. The lowest BCUT2D eigenvalue weighted by atomic mass is 10.2. The fourth-order valence-electron chi connectivity index (χ4n) is 2.44. The zero-order valence-electron chi connectivity index (χ0n) is 17.9. The summed E-state index contributed by atoms with van der Waals surface area (Å²) in [5.41, 5.74) is 4.41. The van der Waals surface area contributed by atoms with E-state index in [1.807, 2.05) is 0 Å². The minimum Gasteiger partial charge on any atom is -0.493 e. The molecule has 3 N–H and O–H groups in total. The van der Waals surface area contributed by atoms with E-state index >= 15 is 0 Å². The summed E-state index contributed by atoms with van der Waals surface area (Å²) in [5.74, 6) is -1.75. The Hall–Kier alpha value is -3.35. The molecule has 0 aliphatic heterocycles. The number of halogens is 1. The maximum absolute atomic E-state index is 12.3. The highest BCUT2D eigenvalue weighted by atomic mass is 35.5. The van der Waals surface area contributed by atoms with E-state index in [2.05, 4.69) is 15.6 Å². The summed E-state index contributed by atoms with van der Waals surface area (Å²) in [5, 5.41) is 0.352. The topological polar surface area (TPSA) is 149 Å². The quantitative estimate of drug-likeness (QED) is 0.342. The van der Waals surface area contributed by atoms with Crippen molar-refractivity contribution in [3.8, 4) is 11.5 Å². The van der Waals surface area contributed by atoms with Crippen molar-refractivity contribution in [3.63, 3.8) is 0 Å². The Kier molecular flexibility index (Phi) is 9.02. The standard InChI is InChI=1S/C20H22ClN3O8S/c1-12(24-33(28,29)15-7-5-14(21)6-8-15)20(27)32-11-18(25)22-23-19(26)13-4-9-16(30-2)17(10-13)31-3/h4-10,12,24H,11H2,1-3H3,(H,22,25)(H,23,26)/t12-/m0/s1. The van der Waals surface area contributed by atoms with E-state index in [4.69, 9.17) is 25.8 Å². The molecule has 0 unspecified atom stereocenters. The van der Waals surface area contributed by atoms with Gasteiger partial charge in [0.25, 0.3) is 11.8 Å². The number of carbonyl (C=O) groups is 3. The lowest BCUT2D eigenvalue weighted by Gasteiger charge is -2.14. The normalized spacial score (nSPS) is 11.8. The number of carbonyl (C=O) groups excluding carboxylic acids is 3. The number of rotatable bonds is 9. The second kappa shape index (κ2) is 11.5. The summed E-state index contributed by atoms with van der Waals surface area (Å²) >= 11 is 5.73. The van der Waals surface area contributed by atoms with Crippen molar-refractivity contribution in [1.29, 1.82) is 0 Å². The van der Waals surface area contributed by atoms with Gasteiger partial charge in [-0.15, -0.1) is 0 Å². The molecule has 0 fully saturated rings. The second-order valence-corrected chi connectivity index (χ2v) is 8.63. The molecule has 0 heterocycles. The van der Waals surface area contributed by atoms with E-state index in [1.54, 1.807) is 0 Å². The number of ether oxygens (including phenoxy) is 3. The predicted octanol–water partition coefficient (Wildman–Crippen LogP) is 1.03. The average molecular weight is 500 g/mol. The number of amides is 2. The van der Waals surface area contributed by atoms with E-state index in [-0.39, 0.29) is 10.5 Å². The molecule has 2 aromatic rings. The van der Waals surface area contributed by atoms with Crippen LogP contribution in [0.1, 0.15) is 17.3 Å². The van der Waals surface area contributed by atoms with Gasteiger partial charge in [0.05, 0.1) is 19.1 Å². The third kappa shape index (κ3) is 7.34. The number of hydrogen-bond donors (Lipinski definition) is 3. The van der Waals surface area contributed by atoms with Gasteiger partial charge < -0.3 is 14.2 Å². The molecular weight excluding hydrogens is 478 g/mol.